The summed E-state index contributed by atoms with van der Waals surface area (Å²) in [5, 5.41) is 11.5. The zero-order valence-electron chi connectivity index (χ0n) is 17.8. The third-order valence-corrected chi connectivity index (χ3v) is 4.47. The van der Waals surface area contributed by atoms with Crippen LogP contribution in [-0.4, -0.2) is 69.2 Å². The van der Waals surface area contributed by atoms with E-state index in [-0.39, 0.29) is 42.9 Å². The van der Waals surface area contributed by atoms with Crippen LogP contribution in [0, 0.1) is 10.1 Å². The second-order valence-corrected chi connectivity index (χ2v) is 8.32. The van der Waals surface area contributed by atoms with Crippen molar-refractivity contribution < 1.29 is 24.0 Å². The second kappa shape index (κ2) is 8.99. The van der Waals surface area contributed by atoms with Crippen LogP contribution in [0.1, 0.15) is 52.0 Å². The second-order valence-electron chi connectivity index (χ2n) is 7.98. The lowest BCUT2D eigenvalue weighted by Gasteiger charge is -2.44. The van der Waals surface area contributed by atoms with Gasteiger partial charge in [0.25, 0.3) is 0 Å². The van der Waals surface area contributed by atoms with Gasteiger partial charge in [-0.25, -0.2) is 14.6 Å². The molecule has 166 valence electrons. The summed E-state index contributed by atoms with van der Waals surface area (Å²) in [4.78, 5) is 46.8. The van der Waals surface area contributed by atoms with Gasteiger partial charge >= 0.3 is 17.7 Å². The number of esters is 1. The number of carbonyl (C=O) groups excluding carboxylic acids is 2. The number of nitrogens with zero attached hydrogens (tertiary/aromatic N) is 5. The summed E-state index contributed by atoms with van der Waals surface area (Å²) in [5.41, 5.74) is -1.73. The van der Waals surface area contributed by atoms with E-state index in [1.54, 1.807) is 46.4 Å². The van der Waals surface area contributed by atoms with Crippen molar-refractivity contribution in [2.24, 2.45) is 0 Å². The highest BCUT2D eigenvalue weighted by molar-refractivity contribution is 6.28. The molecule has 0 radical (unpaired) electrons. The van der Waals surface area contributed by atoms with Crippen LogP contribution in [0.2, 0.25) is 5.28 Å². The Kier molecular flexibility index (Phi) is 7.06. The van der Waals surface area contributed by atoms with E-state index < -0.39 is 34.0 Å². The van der Waals surface area contributed by atoms with Gasteiger partial charge in [-0.2, -0.15) is 4.98 Å². The summed E-state index contributed by atoms with van der Waals surface area (Å²) in [6, 6.07) is -0.748. The van der Waals surface area contributed by atoms with Gasteiger partial charge in [-0.1, -0.05) is 0 Å². The van der Waals surface area contributed by atoms with E-state index in [2.05, 4.69) is 9.97 Å². The van der Waals surface area contributed by atoms with Crippen LogP contribution in [0.3, 0.4) is 0 Å². The molecule has 0 N–H and O–H groups in total. The molecular formula is C18H26ClN5O6. The Bertz CT molecular complexity index is 831. The lowest BCUT2D eigenvalue weighted by atomic mass is 10.1. The van der Waals surface area contributed by atoms with Gasteiger partial charge in [-0.3, -0.25) is 10.1 Å². The highest BCUT2D eigenvalue weighted by atomic mass is 35.5. The van der Waals surface area contributed by atoms with E-state index in [4.69, 9.17) is 21.1 Å². The first kappa shape index (κ1) is 23.6. The minimum atomic E-state index is -0.956. The number of piperazine rings is 1. The predicted molar refractivity (Wildman–Crippen MR) is 109 cm³/mol. The number of nitro groups is 1. The number of aromatic nitrogens is 2. The maximum absolute atomic E-state index is 12.5. The fourth-order valence-electron chi connectivity index (χ4n) is 3.32. The van der Waals surface area contributed by atoms with Crippen molar-refractivity contribution in [3.05, 3.63) is 21.1 Å². The van der Waals surface area contributed by atoms with Crippen LogP contribution in [0.5, 0.6) is 0 Å². The maximum Gasteiger partial charge on any atom is 0.410 e. The fraction of sp³-hybridized carbons (Fsp3) is 0.667. The topological polar surface area (TPSA) is 128 Å². The summed E-state index contributed by atoms with van der Waals surface area (Å²) in [7, 11) is 0. The molecule has 1 aliphatic rings. The number of halogens is 1. The zero-order chi connectivity index (χ0) is 22.8. The Morgan fingerprint density at radius 2 is 1.80 bits per heavy atom. The lowest BCUT2D eigenvalue weighted by Crippen LogP contribution is -2.59. The van der Waals surface area contributed by atoms with Gasteiger partial charge in [0.1, 0.15) is 5.60 Å². The molecule has 0 unspecified atom stereocenters. The first-order chi connectivity index (χ1) is 13.9. The average molecular weight is 444 g/mol. The standard InChI is InChI=1S/C18H26ClN5O6/c1-7-29-15(25)12-13(24(27)28)14(21-16(19)20-12)23-10(2)8-22(9-11(23)3)17(26)30-18(4,5)6/h10-11H,7-9H2,1-6H3/t10-,11-/m0/s1. The van der Waals surface area contributed by atoms with Crippen molar-refractivity contribution in [3.63, 3.8) is 0 Å². The predicted octanol–water partition coefficient (Wildman–Crippen LogP) is 3.05. The molecule has 12 heteroatoms. The van der Waals surface area contributed by atoms with E-state index in [1.807, 2.05) is 0 Å². The lowest BCUT2D eigenvalue weighted by molar-refractivity contribution is -0.385. The van der Waals surface area contributed by atoms with Crippen LogP contribution in [-0.2, 0) is 9.47 Å². The molecule has 0 aromatic carbocycles. The molecule has 0 saturated carbocycles. The Morgan fingerprint density at radius 3 is 2.27 bits per heavy atom. The van der Waals surface area contributed by atoms with Crippen LogP contribution in [0.4, 0.5) is 16.3 Å². The number of amides is 1. The Morgan fingerprint density at radius 1 is 1.23 bits per heavy atom. The van der Waals surface area contributed by atoms with E-state index in [0.717, 1.165) is 0 Å². The number of hydrogen-bond donors (Lipinski definition) is 0. The van der Waals surface area contributed by atoms with Gasteiger partial charge in [0.05, 0.1) is 11.5 Å². The fourth-order valence-corrected chi connectivity index (χ4v) is 3.49. The van der Waals surface area contributed by atoms with Crippen molar-refractivity contribution in [2.45, 2.75) is 59.2 Å². The summed E-state index contributed by atoms with van der Waals surface area (Å²) < 4.78 is 10.3. The summed E-state index contributed by atoms with van der Waals surface area (Å²) in [6.45, 7) is 11.0. The summed E-state index contributed by atoms with van der Waals surface area (Å²) in [6.07, 6.45) is -0.469. The molecule has 1 aromatic rings. The Balaban J connectivity index is 2.43. The molecule has 11 nitrogen and oxygen atoms in total. The number of carbonyl (C=O) groups is 2. The third kappa shape index (κ3) is 5.26. The minimum absolute atomic E-state index is 0.0221. The molecule has 1 fully saturated rings. The molecule has 1 aliphatic heterocycles. The molecule has 2 heterocycles. The van der Waals surface area contributed by atoms with E-state index in [1.165, 1.54) is 4.90 Å². The molecule has 0 spiro atoms. The summed E-state index contributed by atoms with van der Waals surface area (Å²) in [5.74, 6) is -1.05. The number of ether oxygens (including phenoxy) is 2. The van der Waals surface area contributed by atoms with Crippen molar-refractivity contribution in [2.75, 3.05) is 24.6 Å². The maximum atomic E-state index is 12.5. The highest BCUT2D eigenvalue weighted by Crippen LogP contribution is 2.35. The molecule has 1 aromatic heterocycles. The van der Waals surface area contributed by atoms with Crippen LogP contribution < -0.4 is 4.90 Å². The zero-order valence-corrected chi connectivity index (χ0v) is 18.6. The molecule has 1 amide bonds. The third-order valence-electron chi connectivity index (χ3n) is 4.30. The molecule has 1 saturated heterocycles. The molecule has 0 bridgehead atoms. The van der Waals surface area contributed by atoms with Crippen molar-refractivity contribution >= 4 is 35.2 Å². The van der Waals surface area contributed by atoms with Gasteiger partial charge in [0.15, 0.2) is 0 Å². The van der Waals surface area contributed by atoms with Crippen LogP contribution in [0.15, 0.2) is 0 Å². The van der Waals surface area contributed by atoms with Crippen LogP contribution in [0.25, 0.3) is 0 Å². The molecular weight excluding hydrogens is 418 g/mol. The first-order valence-electron chi connectivity index (χ1n) is 9.51. The first-order valence-corrected chi connectivity index (χ1v) is 9.88. The Hall–Kier alpha value is -2.69. The Labute approximate surface area is 179 Å². The summed E-state index contributed by atoms with van der Waals surface area (Å²) >= 11 is 5.97. The van der Waals surface area contributed by atoms with Gasteiger partial charge in [-0.15, -0.1) is 0 Å². The van der Waals surface area contributed by atoms with Gasteiger partial charge < -0.3 is 19.3 Å². The SMILES string of the molecule is CCOC(=O)c1nc(Cl)nc(N2[C@@H](C)CN(C(=O)OC(C)(C)C)C[C@@H]2C)c1[N+](=O)[O-]. The molecule has 2 rings (SSSR count). The number of rotatable bonds is 4. The average Bonchev–Trinajstić information content (AvgIpc) is 2.58. The van der Waals surface area contributed by atoms with Gasteiger partial charge in [0.2, 0.25) is 16.8 Å². The molecule has 0 aliphatic carbocycles. The quantitative estimate of drug-likeness (QED) is 0.298. The normalized spacial score (nSPS) is 19.4. The van der Waals surface area contributed by atoms with Crippen molar-refractivity contribution in [1.82, 2.24) is 14.9 Å². The van der Waals surface area contributed by atoms with E-state index >= 15 is 0 Å². The van der Waals surface area contributed by atoms with Gasteiger partial charge in [0, 0.05) is 25.2 Å². The number of hydrogen-bond acceptors (Lipinski definition) is 9. The van der Waals surface area contributed by atoms with E-state index in [0.29, 0.717) is 0 Å². The van der Waals surface area contributed by atoms with Crippen molar-refractivity contribution in [1.29, 1.82) is 0 Å². The van der Waals surface area contributed by atoms with Crippen LogP contribution >= 0.6 is 11.6 Å². The molecule has 30 heavy (non-hydrogen) atoms. The number of anilines is 1. The van der Waals surface area contributed by atoms with E-state index in [9.17, 15) is 19.7 Å². The largest absolute Gasteiger partial charge is 0.461 e. The smallest absolute Gasteiger partial charge is 0.410 e. The van der Waals surface area contributed by atoms with Gasteiger partial charge in [-0.05, 0) is 53.1 Å². The monoisotopic (exact) mass is 443 g/mol. The highest BCUT2D eigenvalue weighted by Gasteiger charge is 2.40. The van der Waals surface area contributed by atoms with Crippen molar-refractivity contribution in [3.8, 4) is 0 Å². The molecule has 2 atom stereocenters. The minimum Gasteiger partial charge on any atom is -0.461 e.